The van der Waals surface area contributed by atoms with E-state index < -0.39 is 0 Å². The number of aliphatic hydroxyl groups is 1. The van der Waals surface area contributed by atoms with Gasteiger partial charge in [0.05, 0.1) is 12.7 Å². The smallest absolute Gasteiger partial charge is 0.0681 e. The number of nitriles is 1. The van der Waals surface area contributed by atoms with Gasteiger partial charge in [-0.05, 0) is 30.5 Å². The van der Waals surface area contributed by atoms with Crippen molar-refractivity contribution in [2.45, 2.75) is 32.4 Å². The lowest BCUT2D eigenvalue weighted by Gasteiger charge is -2.04. The molecule has 0 heterocycles. The van der Waals surface area contributed by atoms with E-state index in [0.29, 0.717) is 6.42 Å². The molecule has 2 N–H and O–H groups in total. The number of hydrogen-bond acceptors (Lipinski definition) is 3. The number of benzene rings is 1. The Hall–Kier alpha value is -1.37. The fraction of sp³-hybridized carbons (Fsp3) is 0.462. The molecule has 0 fully saturated rings. The summed E-state index contributed by atoms with van der Waals surface area (Å²) in [4.78, 5) is 0. The molecular weight excluding hydrogens is 200 g/mol. The number of nitrogens with one attached hydrogen (secondary N) is 1. The molecule has 0 unspecified atom stereocenters. The van der Waals surface area contributed by atoms with Crippen LogP contribution in [0.4, 0.5) is 0 Å². The number of nitrogens with zero attached hydrogens (tertiary/aromatic N) is 1. The van der Waals surface area contributed by atoms with Crippen LogP contribution in [-0.4, -0.2) is 11.7 Å². The molecule has 0 aromatic heterocycles. The van der Waals surface area contributed by atoms with Crippen molar-refractivity contribution in [1.82, 2.24) is 5.32 Å². The Morgan fingerprint density at radius 2 is 1.81 bits per heavy atom. The summed E-state index contributed by atoms with van der Waals surface area (Å²) < 4.78 is 0. The van der Waals surface area contributed by atoms with Gasteiger partial charge < -0.3 is 10.4 Å². The molecule has 3 heteroatoms. The Labute approximate surface area is 96.7 Å². The molecule has 1 rings (SSSR count). The minimum absolute atomic E-state index is 0.0991. The Balaban J connectivity index is 2.15. The summed E-state index contributed by atoms with van der Waals surface area (Å²) in [6, 6.07) is 10.1. The summed E-state index contributed by atoms with van der Waals surface area (Å²) in [5.41, 5.74) is 2.16. The van der Waals surface area contributed by atoms with Gasteiger partial charge in [-0.15, -0.1) is 0 Å². The molecule has 0 atom stereocenters. The van der Waals surface area contributed by atoms with Gasteiger partial charge in [0.25, 0.3) is 0 Å². The van der Waals surface area contributed by atoms with Crippen LogP contribution in [0.3, 0.4) is 0 Å². The molecule has 0 aliphatic heterocycles. The summed E-state index contributed by atoms with van der Waals surface area (Å²) in [5, 5.41) is 20.6. The van der Waals surface area contributed by atoms with Crippen molar-refractivity contribution in [3.05, 3.63) is 35.4 Å². The predicted octanol–water partition coefficient (Wildman–Crippen LogP) is 1.96. The summed E-state index contributed by atoms with van der Waals surface area (Å²) in [6.07, 6.45) is 2.65. The lowest BCUT2D eigenvalue weighted by Crippen LogP contribution is -2.14. The van der Waals surface area contributed by atoms with Gasteiger partial charge in [-0.25, -0.2) is 0 Å². The van der Waals surface area contributed by atoms with Gasteiger partial charge in [-0.2, -0.15) is 5.26 Å². The average molecular weight is 218 g/mol. The molecule has 0 saturated carbocycles. The second kappa shape index (κ2) is 7.86. The van der Waals surface area contributed by atoms with Crippen molar-refractivity contribution in [2.24, 2.45) is 0 Å². The zero-order valence-electron chi connectivity index (χ0n) is 9.45. The van der Waals surface area contributed by atoms with Crippen molar-refractivity contribution < 1.29 is 5.11 Å². The van der Waals surface area contributed by atoms with E-state index in [9.17, 15) is 0 Å². The quantitative estimate of drug-likeness (QED) is 0.688. The number of hydrogen-bond donors (Lipinski definition) is 2. The van der Waals surface area contributed by atoms with Crippen LogP contribution in [0, 0.1) is 11.3 Å². The van der Waals surface area contributed by atoms with Crippen LogP contribution in [0.15, 0.2) is 24.3 Å². The largest absolute Gasteiger partial charge is 0.392 e. The Morgan fingerprint density at radius 3 is 2.44 bits per heavy atom. The monoisotopic (exact) mass is 218 g/mol. The van der Waals surface area contributed by atoms with Crippen LogP contribution in [0.2, 0.25) is 0 Å². The highest BCUT2D eigenvalue weighted by Crippen LogP contribution is 2.04. The SMILES string of the molecule is N#CCCCCNCc1ccc(CO)cc1. The van der Waals surface area contributed by atoms with E-state index in [1.807, 2.05) is 24.3 Å². The van der Waals surface area contributed by atoms with E-state index in [1.165, 1.54) is 5.56 Å². The lowest BCUT2D eigenvalue weighted by atomic mass is 10.1. The van der Waals surface area contributed by atoms with Crippen molar-refractivity contribution in [3.63, 3.8) is 0 Å². The molecule has 86 valence electrons. The van der Waals surface area contributed by atoms with Gasteiger partial charge in [0.2, 0.25) is 0 Å². The van der Waals surface area contributed by atoms with E-state index in [-0.39, 0.29) is 6.61 Å². The molecule has 0 radical (unpaired) electrons. The molecule has 0 bridgehead atoms. The van der Waals surface area contributed by atoms with Crippen molar-refractivity contribution in [1.29, 1.82) is 5.26 Å². The Bertz CT molecular complexity index is 327. The predicted molar refractivity (Wildman–Crippen MR) is 63.5 cm³/mol. The van der Waals surface area contributed by atoms with Gasteiger partial charge in [0.15, 0.2) is 0 Å². The molecule has 0 spiro atoms. The first-order valence-corrected chi connectivity index (χ1v) is 5.63. The lowest BCUT2D eigenvalue weighted by molar-refractivity contribution is 0.282. The molecule has 1 aromatic carbocycles. The molecule has 0 saturated heterocycles. The fourth-order valence-corrected chi connectivity index (χ4v) is 1.45. The highest BCUT2D eigenvalue weighted by Gasteiger charge is 1.94. The summed E-state index contributed by atoms with van der Waals surface area (Å²) in [5.74, 6) is 0. The maximum atomic E-state index is 8.88. The minimum Gasteiger partial charge on any atom is -0.392 e. The van der Waals surface area contributed by atoms with Crippen LogP contribution in [0.25, 0.3) is 0 Å². The topological polar surface area (TPSA) is 56.0 Å². The van der Waals surface area contributed by atoms with E-state index in [2.05, 4.69) is 11.4 Å². The third kappa shape index (κ3) is 4.92. The first kappa shape index (κ1) is 12.7. The minimum atomic E-state index is 0.0991. The molecule has 1 aromatic rings. The second-order valence-electron chi connectivity index (χ2n) is 3.77. The molecule has 0 aliphatic carbocycles. The summed E-state index contributed by atoms with van der Waals surface area (Å²) >= 11 is 0. The van der Waals surface area contributed by atoms with Gasteiger partial charge in [-0.3, -0.25) is 0 Å². The maximum Gasteiger partial charge on any atom is 0.0681 e. The van der Waals surface area contributed by atoms with E-state index in [1.54, 1.807) is 0 Å². The molecule has 0 amide bonds. The van der Waals surface area contributed by atoms with Crippen LogP contribution < -0.4 is 5.32 Å². The Morgan fingerprint density at radius 1 is 1.12 bits per heavy atom. The first-order valence-electron chi connectivity index (χ1n) is 5.63. The van der Waals surface area contributed by atoms with Gasteiger partial charge in [-0.1, -0.05) is 24.3 Å². The molecular formula is C13H18N2O. The molecule has 3 nitrogen and oxygen atoms in total. The molecule has 16 heavy (non-hydrogen) atoms. The molecule has 0 aliphatic rings. The number of rotatable bonds is 7. The van der Waals surface area contributed by atoms with E-state index in [4.69, 9.17) is 10.4 Å². The van der Waals surface area contributed by atoms with Gasteiger partial charge in [0, 0.05) is 13.0 Å². The zero-order chi connectivity index (χ0) is 11.6. The number of unbranched alkanes of at least 4 members (excludes halogenated alkanes) is 2. The van der Waals surface area contributed by atoms with Gasteiger partial charge >= 0.3 is 0 Å². The average Bonchev–Trinajstić information content (AvgIpc) is 2.34. The van der Waals surface area contributed by atoms with Crippen LogP contribution >= 0.6 is 0 Å². The van der Waals surface area contributed by atoms with Crippen LogP contribution in [0.5, 0.6) is 0 Å². The Kier molecular flexibility index (Phi) is 6.24. The third-order valence-corrected chi connectivity index (χ3v) is 2.43. The second-order valence-corrected chi connectivity index (χ2v) is 3.77. The first-order chi connectivity index (χ1) is 7.86. The fourth-order valence-electron chi connectivity index (χ4n) is 1.45. The van der Waals surface area contributed by atoms with E-state index >= 15 is 0 Å². The van der Waals surface area contributed by atoms with Gasteiger partial charge in [0.1, 0.15) is 0 Å². The summed E-state index contributed by atoms with van der Waals surface area (Å²) in [6.45, 7) is 1.89. The maximum absolute atomic E-state index is 8.88. The third-order valence-electron chi connectivity index (χ3n) is 2.43. The number of aliphatic hydroxyl groups excluding tert-OH is 1. The normalized spacial score (nSPS) is 10.0. The highest BCUT2D eigenvalue weighted by atomic mass is 16.3. The van der Waals surface area contributed by atoms with Crippen molar-refractivity contribution in [2.75, 3.05) is 6.54 Å². The van der Waals surface area contributed by atoms with E-state index in [0.717, 1.165) is 31.5 Å². The van der Waals surface area contributed by atoms with Crippen LogP contribution in [0.1, 0.15) is 30.4 Å². The van der Waals surface area contributed by atoms with Crippen molar-refractivity contribution in [3.8, 4) is 6.07 Å². The standard InChI is InChI=1S/C13H18N2O/c14-8-2-1-3-9-15-10-12-4-6-13(11-16)7-5-12/h4-7,15-16H,1-3,9-11H2. The van der Waals surface area contributed by atoms with Crippen molar-refractivity contribution >= 4 is 0 Å². The van der Waals surface area contributed by atoms with Crippen LogP contribution in [-0.2, 0) is 13.2 Å². The highest BCUT2D eigenvalue weighted by molar-refractivity contribution is 5.21. The summed E-state index contributed by atoms with van der Waals surface area (Å²) in [7, 11) is 0. The zero-order valence-corrected chi connectivity index (χ0v) is 9.45.